The molecule has 0 amide bonds. The van der Waals surface area contributed by atoms with Crippen LogP contribution in [-0.2, 0) is 18.3 Å². The van der Waals surface area contributed by atoms with Crippen molar-refractivity contribution in [2.75, 3.05) is 77.5 Å². The van der Waals surface area contributed by atoms with Gasteiger partial charge in [0.2, 0.25) is 0 Å². The van der Waals surface area contributed by atoms with Crippen LogP contribution in [0.15, 0.2) is 0 Å². The molecule has 0 aromatic carbocycles. The molecule has 0 aromatic rings. The SMILES string of the molecule is O=P(O)(O)CN1CCCN(CP(=O)(O)O)CCN(CP(=O)(O)O)CCN(CP(=O)(O)O)CC1. The monoisotopic (exact) mass is 562 g/mol. The van der Waals surface area contributed by atoms with Gasteiger partial charge in [0.05, 0.1) is 0 Å². The maximum Gasteiger partial charge on any atom is 0.339 e. The fourth-order valence-corrected chi connectivity index (χ4v) is 6.64. The summed E-state index contributed by atoms with van der Waals surface area (Å²) in [5.41, 5.74) is 0. The Morgan fingerprint density at radius 3 is 0.758 bits per heavy atom. The van der Waals surface area contributed by atoms with E-state index in [0.29, 0.717) is 0 Å². The second-order valence-corrected chi connectivity index (χ2v) is 14.5. The van der Waals surface area contributed by atoms with Crippen molar-refractivity contribution in [3.8, 4) is 0 Å². The Labute approximate surface area is 191 Å². The number of hydrogen-bond donors (Lipinski definition) is 8. The summed E-state index contributed by atoms with van der Waals surface area (Å²) in [7, 11) is -17.9. The van der Waals surface area contributed by atoms with Crippen LogP contribution in [0.4, 0.5) is 0 Å². The van der Waals surface area contributed by atoms with Crippen molar-refractivity contribution in [1.29, 1.82) is 0 Å². The Bertz CT molecular complexity index is 730. The van der Waals surface area contributed by atoms with E-state index in [1.165, 1.54) is 19.6 Å². The van der Waals surface area contributed by atoms with Crippen molar-refractivity contribution >= 4 is 30.4 Å². The predicted molar refractivity (Wildman–Crippen MR) is 119 cm³/mol. The lowest BCUT2D eigenvalue weighted by molar-refractivity contribution is 0.189. The van der Waals surface area contributed by atoms with E-state index in [2.05, 4.69) is 0 Å². The molecule has 1 fully saturated rings. The largest absolute Gasteiger partial charge is 0.339 e. The molecule has 0 radical (unpaired) electrons. The molecule has 0 unspecified atom stereocenters. The van der Waals surface area contributed by atoms with Crippen LogP contribution in [0.2, 0.25) is 0 Å². The van der Waals surface area contributed by atoms with Gasteiger partial charge in [-0.1, -0.05) is 0 Å². The van der Waals surface area contributed by atoms with Crippen LogP contribution < -0.4 is 0 Å². The van der Waals surface area contributed by atoms with Crippen molar-refractivity contribution in [1.82, 2.24) is 19.6 Å². The molecule has 16 nitrogen and oxygen atoms in total. The van der Waals surface area contributed by atoms with E-state index in [0.717, 1.165) is 0 Å². The normalized spacial score (nSPS) is 21.3. The summed E-state index contributed by atoms with van der Waals surface area (Å²) in [6, 6.07) is 0. The van der Waals surface area contributed by atoms with Crippen molar-refractivity contribution in [3.63, 3.8) is 0 Å². The number of rotatable bonds is 8. The Kier molecular flexibility index (Phi) is 12.5. The van der Waals surface area contributed by atoms with Gasteiger partial charge in [-0.2, -0.15) is 0 Å². The van der Waals surface area contributed by atoms with Gasteiger partial charge < -0.3 is 39.1 Å². The fraction of sp³-hybridized carbons (Fsp3) is 1.00. The van der Waals surface area contributed by atoms with Gasteiger partial charge in [0.15, 0.2) is 0 Å². The van der Waals surface area contributed by atoms with E-state index in [1.807, 2.05) is 0 Å². The lowest BCUT2D eigenvalue weighted by Crippen LogP contribution is -2.42. The lowest BCUT2D eigenvalue weighted by Gasteiger charge is -2.30. The summed E-state index contributed by atoms with van der Waals surface area (Å²) in [5.74, 6) is 0. The molecule has 0 spiro atoms. The molecule has 0 aliphatic carbocycles. The third kappa shape index (κ3) is 17.5. The summed E-state index contributed by atoms with van der Waals surface area (Å²) < 4.78 is 46.0. The average molecular weight is 562 g/mol. The Morgan fingerprint density at radius 1 is 0.394 bits per heavy atom. The van der Waals surface area contributed by atoms with E-state index in [1.54, 1.807) is 0 Å². The van der Waals surface area contributed by atoms with Crippen LogP contribution in [-0.4, -0.2) is 136 Å². The van der Waals surface area contributed by atoms with E-state index in [-0.39, 0.29) is 58.8 Å². The summed E-state index contributed by atoms with van der Waals surface area (Å²) in [6.07, 6.45) is -2.22. The first kappa shape index (κ1) is 31.5. The Hall–Kier alpha value is 0.440. The Balaban J connectivity index is 3.11. The van der Waals surface area contributed by atoms with Crippen molar-refractivity contribution in [2.45, 2.75) is 6.42 Å². The molecule has 0 saturated carbocycles. The molecule has 20 heteroatoms. The molecular weight excluding hydrogens is 528 g/mol. The van der Waals surface area contributed by atoms with Gasteiger partial charge in [-0.05, 0) is 6.42 Å². The van der Waals surface area contributed by atoms with Crippen LogP contribution in [0.25, 0.3) is 0 Å². The topological polar surface area (TPSA) is 243 Å². The summed E-state index contributed by atoms with van der Waals surface area (Å²) in [5, 5.41) is 0. The van der Waals surface area contributed by atoms with Crippen LogP contribution in [0.5, 0.6) is 0 Å². The van der Waals surface area contributed by atoms with Crippen LogP contribution in [0, 0.1) is 0 Å². The minimum Gasteiger partial charge on any atom is -0.324 e. The first-order valence-electron chi connectivity index (χ1n) is 9.89. The minimum atomic E-state index is -4.49. The van der Waals surface area contributed by atoms with Crippen molar-refractivity contribution in [2.24, 2.45) is 0 Å². The molecule has 1 heterocycles. The second-order valence-electron chi connectivity index (χ2n) is 8.05. The van der Waals surface area contributed by atoms with Crippen LogP contribution in [0.3, 0.4) is 0 Å². The van der Waals surface area contributed by atoms with Crippen molar-refractivity contribution < 1.29 is 57.4 Å². The second kappa shape index (κ2) is 13.1. The van der Waals surface area contributed by atoms with E-state index < -0.39 is 55.5 Å². The average Bonchev–Trinajstić information content (AvgIpc) is 2.56. The predicted octanol–water partition coefficient (Wildman–Crippen LogP) is -1.86. The van der Waals surface area contributed by atoms with Gasteiger partial charge in [-0.3, -0.25) is 37.9 Å². The van der Waals surface area contributed by atoms with E-state index in [4.69, 9.17) is 0 Å². The molecule has 0 atom stereocenters. The van der Waals surface area contributed by atoms with Gasteiger partial charge in [-0.25, -0.2) is 0 Å². The molecule has 0 aromatic heterocycles. The van der Waals surface area contributed by atoms with Crippen molar-refractivity contribution in [3.05, 3.63) is 0 Å². The highest BCUT2D eigenvalue weighted by atomic mass is 31.2. The van der Waals surface area contributed by atoms with Gasteiger partial charge in [0.25, 0.3) is 0 Å². The molecule has 1 rings (SSSR count). The van der Waals surface area contributed by atoms with E-state index in [9.17, 15) is 57.4 Å². The third-order valence-electron chi connectivity index (χ3n) is 4.68. The molecule has 198 valence electrons. The highest BCUT2D eigenvalue weighted by Gasteiger charge is 2.27. The standard InChI is InChI=1S/C13H34N4O12P4/c18-30(19,20)10-14-2-1-3-15(11-31(21,22)23)5-7-17(13-33(27,28)29)9-8-16(6-4-14)12-32(24,25)26/h1-13H2,(H2,18,19,20)(H2,21,22,23)(H2,24,25,26)(H2,27,28,29). The third-order valence-corrected chi connectivity index (χ3v) is 7.76. The fourth-order valence-electron chi connectivity index (χ4n) is 3.42. The molecule has 8 N–H and O–H groups in total. The summed E-state index contributed by atoms with van der Waals surface area (Å²) in [4.78, 5) is 80.3. The first-order chi connectivity index (χ1) is 14.8. The maximum absolute atomic E-state index is 11.5. The first-order valence-corrected chi connectivity index (χ1v) is 17.1. The summed E-state index contributed by atoms with van der Waals surface area (Å²) >= 11 is 0. The molecule has 0 bridgehead atoms. The summed E-state index contributed by atoms with van der Waals surface area (Å²) in [6.45, 7) is 0.435. The van der Waals surface area contributed by atoms with Crippen LogP contribution >= 0.6 is 30.4 Å². The highest BCUT2D eigenvalue weighted by Crippen LogP contribution is 2.38. The molecule has 1 saturated heterocycles. The molecule has 1 aliphatic rings. The number of nitrogens with zero attached hydrogens (tertiary/aromatic N) is 4. The quantitative estimate of drug-likeness (QED) is 0.151. The molecule has 1 aliphatic heterocycles. The number of hydrogen-bond acceptors (Lipinski definition) is 8. The van der Waals surface area contributed by atoms with Gasteiger partial charge >= 0.3 is 30.4 Å². The minimum absolute atomic E-state index is 0.00659. The van der Waals surface area contributed by atoms with E-state index >= 15 is 0 Å². The molecule has 33 heavy (non-hydrogen) atoms. The zero-order valence-electron chi connectivity index (χ0n) is 18.0. The van der Waals surface area contributed by atoms with Gasteiger partial charge in [0, 0.05) is 52.4 Å². The maximum atomic E-state index is 11.5. The Morgan fingerprint density at radius 2 is 0.576 bits per heavy atom. The van der Waals surface area contributed by atoms with Gasteiger partial charge in [-0.15, -0.1) is 0 Å². The smallest absolute Gasteiger partial charge is 0.324 e. The van der Waals surface area contributed by atoms with Gasteiger partial charge in [0.1, 0.15) is 25.1 Å². The molecular formula is C13H34N4O12P4. The highest BCUT2D eigenvalue weighted by molar-refractivity contribution is 7.52. The lowest BCUT2D eigenvalue weighted by atomic mass is 10.3. The zero-order valence-corrected chi connectivity index (χ0v) is 21.6. The van der Waals surface area contributed by atoms with Crippen LogP contribution in [0.1, 0.15) is 6.42 Å². The zero-order chi connectivity index (χ0) is 25.5.